The third-order valence-electron chi connectivity index (χ3n) is 3.37. The highest BCUT2D eigenvalue weighted by atomic mass is 16.2. The summed E-state index contributed by atoms with van der Waals surface area (Å²) in [6, 6.07) is 0.196. The summed E-state index contributed by atoms with van der Waals surface area (Å²) in [6.45, 7) is 9.75. The Bertz CT molecular complexity index is 260. The number of nitrogens with zero attached hydrogens (tertiary/aromatic N) is 2. The molecule has 0 aromatic heterocycles. The highest BCUT2D eigenvalue weighted by molar-refractivity contribution is 5.76. The van der Waals surface area contributed by atoms with Gasteiger partial charge in [-0.2, -0.15) is 0 Å². The summed E-state index contributed by atoms with van der Waals surface area (Å²) < 4.78 is 0. The van der Waals surface area contributed by atoms with E-state index in [2.05, 4.69) is 32.7 Å². The molecule has 0 radical (unpaired) electrons. The van der Waals surface area contributed by atoms with Crippen LogP contribution in [0.1, 0.15) is 33.6 Å². The van der Waals surface area contributed by atoms with E-state index in [1.54, 1.807) is 0 Å². The molecule has 0 bridgehead atoms. The van der Waals surface area contributed by atoms with Crippen LogP contribution in [0, 0.1) is 5.41 Å². The summed E-state index contributed by atoms with van der Waals surface area (Å²) >= 11 is 0. The smallest absolute Gasteiger partial charge is 0.222 e. The first kappa shape index (κ1) is 14.5. The fourth-order valence-corrected chi connectivity index (χ4v) is 2.17. The number of carbonyl (C=O) groups is 1. The largest absolute Gasteiger partial charge is 0.336 e. The minimum absolute atomic E-state index is 0.196. The van der Waals surface area contributed by atoms with E-state index in [0.29, 0.717) is 13.0 Å². The van der Waals surface area contributed by atoms with Crippen molar-refractivity contribution in [1.82, 2.24) is 9.80 Å². The Labute approximate surface area is 105 Å². The third kappa shape index (κ3) is 4.64. The second-order valence-electron chi connectivity index (χ2n) is 6.30. The van der Waals surface area contributed by atoms with E-state index in [1.165, 1.54) is 0 Å². The van der Waals surface area contributed by atoms with Gasteiger partial charge in [0.25, 0.3) is 0 Å². The number of rotatable bonds is 3. The van der Waals surface area contributed by atoms with E-state index in [1.807, 2.05) is 4.90 Å². The van der Waals surface area contributed by atoms with E-state index < -0.39 is 0 Å². The van der Waals surface area contributed by atoms with Crippen LogP contribution in [0.5, 0.6) is 0 Å². The zero-order chi connectivity index (χ0) is 13.1. The molecule has 0 spiro atoms. The number of carbonyl (C=O) groups excluding carboxylic acids is 1. The van der Waals surface area contributed by atoms with Crippen molar-refractivity contribution >= 4 is 5.91 Å². The van der Waals surface area contributed by atoms with Gasteiger partial charge < -0.3 is 15.5 Å². The fraction of sp³-hybridized carbons (Fsp3) is 0.923. The quantitative estimate of drug-likeness (QED) is 0.799. The number of hydrogen-bond donors (Lipinski definition) is 1. The van der Waals surface area contributed by atoms with Gasteiger partial charge >= 0.3 is 0 Å². The first-order chi connectivity index (χ1) is 7.83. The van der Waals surface area contributed by atoms with E-state index in [4.69, 9.17) is 5.73 Å². The molecule has 0 saturated carbocycles. The van der Waals surface area contributed by atoms with Gasteiger partial charge in [-0.05, 0) is 18.9 Å². The second-order valence-corrected chi connectivity index (χ2v) is 6.30. The molecule has 1 unspecified atom stereocenters. The van der Waals surface area contributed by atoms with Crippen molar-refractivity contribution in [2.75, 3.05) is 33.2 Å². The molecule has 1 aliphatic rings. The average molecular weight is 241 g/mol. The summed E-state index contributed by atoms with van der Waals surface area (Å²) in [7, 11) is 2.08. The van der Waals surface area contributed by atoms with Crippen LogP contribution < -0.4 is 5.73 Å². The van der Waals surface area contributed by atoms with Crippen LogP contribution in [0.2, 0.25) is 0 Å². The maximum absolute atomic E-state index is 12.2. The molecular weight excluding hydrogens is 214 g/mol. The Morgan fingerprint density at radius 3 is 2.53 bits per heavy atom. The minimum atomic E-state index is 0.196. The lowest BCUT2D eigenvalue weighted by Crippen LogP contribution is -2.56. The topological polar surface area (TPSA) is 49.6 Å². The van der Waals surface area contributed by atoms with Crippen molar-refractivity contribution in [2.45, 2.75) is 39.7 Å². The van der Waals surface area contributed by atoms with Gasteiger partial charge in [0.15, 0.2) is 0 Å². The molecule has 17 heavy (non-hydrogen) atoms. The molecule has 0 aromatic rings. The molecule has 2 N–H and O–H groups in total. The maximum atomic E-state index is 12.2. The van der Waals surface area contributed by atoms with Crippen LogP contribution in [-0.2, 0) is 4.79 Å². The zero-order valence-electron chi connectivity index (χ0n) is 11.7. The van der Waals surface area contributed by atoms with Gasteiger partial charge in [-0.15, -0.1) is 0 Å². The van der Waals surface area contributed by atoms with Crippen molar-refractivity contribution in [2.24, 2.45) is 11.1 Å². The lowest BCUT2D eigenvalue weighted by molar-refractivity contribution is -0.136. The lowest BCUT2D eigenvalue weighted by atomic mass is 9.90. The SMILES string of the molecule is CN1CCN(C(=O)CCC(C)(C)C)C(CN)C1. The summed E-state index contributed by atoms with van der Waals surface area (Å²) in [6.07, 6.45) is 1.58. The van der Waals surface area contributed by atoms with Crippen LogP contribution in [0.3, 0.4) is 0 Å². The maximum Gasteiger partial charge on any atom is 0.222 e. The van der Waals surface area contributed by atoms with E-state index in [-0.39, 0.29) is 17.4 Å². The van der Waals surface area contributed by atoms with Gasteiger partial charge in [-0.3, -0.25) is 4.79 Å². The predicted molar refractivity (Wildman–Crippen MR) is 70.7 cm³/mol. The summed E-state index contributed by atoms with van der Waals surface area (Å²) in [5, 5.41) is 0. The van der Waals surface area contributed by atoms with E-state index in [9.17, 15) is 4.79 Å². The standard InChI is InChI=1S/C13H27N3O/c1-13(2,3)6-5-12(17)16-8-7-15(4)10-11(16)9-14/h11H,5-10,14H2,1-4H3. The first-order valence-electron chi connectivity index (χ1n) is 6.51. The number of likely N-dealkylation sites (N-methyl/N-ethyl adjacent to an activating group) is 1. The van der Waals surface area contributed by atoms with Gasteiger partial charge in [-0.1, -0.05) is 20.8 Å². The molecule has 100 valence electrons. The molecule has 4 heteroatoms. The molecule has 1 rings (SSSR count). The molecule has 1 aliphatic heterocycles. The fourth-order valence-electron chi connectivity index (χ4n) is 2.17. The number of piperazine rings is 1. The molecule has 0 aliphatic carbocycles. The monoisotopic (exact) mass is 241 g/mol. The molecule has 1 saturated heterocycles. The third-order valence-corrected chi connectivity index (χ3v) is 3.37. The van der Waals surface area contributed by atoms with Crippen molar-refractivity contribution < 1.29 is 4.79 Å². The predicted octanol–water partition coefficient (Wildman–Crippen LogP) is 0.914. The van der Waals surface area contributed by atoms with E-state index in [0.717, 1.165) is 26.1 Å². The lowest BCUT2D eigenvalue weighted by Gasteiger charge is -2.40. The Morgan fingerprint density at radius 1 is 1.35 bits per heavy atom. The average Bonchev–Trinajstić information content (AvgIpc) is 2.24. The molecule has 1 amide bonds. The molecular formula is C13H27N3O. The number of amides is 1. The Hall–Kier alpha value is -0.610. The number of hydrogen-bond acceptors (Lipinski definition) is 3. The normalized spacial score (nSPS) is 22.9. The van der Waals surface area contributed by atoms with Crippen LogP contribution in [-0.4, -0.2) is 55.0 Å². The zero-order valence-corrected chi connectivity index (χ0v) is 11.7. The summed E-state index contributed by atoms with van der Waals surface area (Å²) in [4.78, 5) is 16.4. The van der Waals surface area contributed by atoms with Crippen LogP contribution >= 0.6 is 0 Å². The van der Waals surface area contributed by atoms with Crippen LogP contribution in [0.4, 0.5) is 0 Å². The minimum Gasteiger partial charge on any atom is -0.336 e. The van der Waals surface area contributed by atoms with Crippen molar-refractivity contribution in [3.63, 3.8) is 0 Å². The Balaban J connectivity index is 2.50. The van der Waals surface area contributed by atoms with Crippen LogP contribution in [0.15, 0.2) is 0 Å². The summed E-state index contributed by atoms with van der Waals surface area (Å²) in [5.41, 5.74) is 5.98. The summed E-state index contributed by atoms with van der Waals surface area (Å²) in [5.74, 6) is 0.267. The van der Waals surface area contributed by atoms with Gasteiger partial charge in [0, 0.05) is 32.6 Å². The van der Waals surface area contributed by atoms with Crippen molar-refractivity contribution in [1.29, 1.82) is 0 Å². The molecule has 1 heterocycles. The second kappa shape index (κ2) is 5.83. The molecule has 1 fully saturated rings. The molecule has 4 nitrogen and oxygen atoms in total. The first-order valence-corrected chi connectivity index (χ1v) is 6.51. The van der Waals surface area contributed by atoms with Gasteiger partial charge in [0.2, 0.25) is 5.91 Å². The van der Waals surface area contributed by atoms with Crippen molar-refractivity contribution in [3.8, 4) is 0 Å². The van der Waals surface area contributed by atoms with Crippen LogP contribution in [0.25, 0.3) is 0 Å². The highest BCUT2D eigenvalue weighted by Crippen LogP contribution is 2.22. The Kier molecular flexibility index (Phi) is 4.95. The van der Waals surface area contributed by atoms with Gasteiger partial charge in [-0.25, -0.2) is 0 Å². The molecule has 1 atom stereocenters. The highest BCUT2D eigenvalue weighted by Gasteiger charge is 2.28. The van der Waals surface area contributed by atoms with E-state index >= 15 is 0 Å². The molecule has 0 aromatic carbocycles. The Morgan fingerprint density at radius 2 is 2.00 bits per heavy atom. The number of nitrogens with two attached hydrogens (primary N) is 1. The van der Waals surface area contributed by atoms with Gasteiger partial charge in [0.05, 0.1) is 6.04 Å². The van der Waals surface area contributed by atoms with Crippen molar-refractivity contribution in [3.05, 3.63) is 0 Å². The van der Waals surface area contributed by atoms with Gasteiger partial charge in [0.1, 0.15) is 0 Å².